The smallest absolute Gasteiger partial charge is 0.253 e. The number of hydrogen-bond donors (Lipinski definition) is 2. The standard InChI is InChI=1S/C25H30N2O2/c1-2-3-4-5-6-7-16-22(24(26)28)27-25(29)23-20-14-10-8-12-18(20)17-19-13-9-11-15-21(19)23/h8-15,17,22H,2-7,16H2,1H3,(H2,26,28)(H,27,29)/t22-/m1/s1. The van der Waals surface area contributed by atoms with Crippen LogP contribution in [0.3, 0.4) is 0 Å². The van der Waals surface area contributed by atoms with Crippen LogP contribution in [-0.4, -0.2) is 17.9 Å². The molecule has 3 N–H and O–H groups in total. The lowest BCUT2D eigenvalue weighted by molar-refractivity contribution is -0.120. The fourth-order valence-corrected chi connectivity index (χ4v) is 3.90. The van der Waals surface area contributed by atoms with Gasteiger partial charge in [0.1, 0.15) is 6.04 Å². The molecule has 0 aliphatic rings. The van der Waals surface area contributed by atoms with E-state index in [2.05, 4.69) is 18.3 Å². The van der Waals surface area contributed by atoms with E-state index in [9.17, 15) is 9.59 Å². The zero-order valence-corrected chi connectivity index (χ0v) is 17.1. The topological polar surface area (TPSA) is 72.2 Å². The van der Waals surface area contributed by atoms with Crippen molar-refractivity contribution in [2.24, 2.45) is 5.73 Å². The van der Waals surface area contributed by atoms with Gasteiger partial charge in [0.25, 0.3) is 5.91 Å². The second-order valence-electron chi connectivity index (χ2n) is 7.68. The number of nitrogens with two attached hydrogens (primary N) is 1. The van der Waals surface area contributed by atoms with E-state index in [1.54, 1.807) is 0 Å². The van der Waals surface area contributed by atoms with Crippen LogP contribution in [0.15, 0.2) is 54.6 Å². The Morgan fingerprint density at radius 3 is 2.00 bits per heavy atom. The summed E-state index contributed by atoms with van der Waals surface area (Å²) in [6, 6.07) is 17.1. The van der Waals surface area contributed by atoms with Crippen LogP contribution in [0.5, 0.6) is 0 Å². The van der Waals surface area contributed by atoms with E-state index in [-0.39, 0.29) is 5.91 Å². The molecule has 2 amide bonds. The Morgan fingerprint density at radius 2 is 1.41 bits per heavy atom. The Kier molecular flexibility index (Phi) is 7.23. The van der Waals surface area contributed by atoms with E-state index < -0.39 is 11.9 Å². The number of rotatable bonds is 10. The van der Waals surface area contributed by atoms with Crippen LogP contribution >= 0.6 is 0 Å². The highest BCUT2D eigenvalue weighted by Gasteiger charge is 2.21. The summed E-state index contributed by atoms with van der Waals surface area (Å²) in [7, 11) is 0. The summed E-state index contributed by atoms with van der Waals surface area (Å²) in [5, 5.41) is 6.67. The van der Waals surface area contributed by atoms with Crippen LogP contribution < -0.4 is 11.1 Å². The van der Waals surface area contributed by atoms with Crippen molar-refractivity contribution in [3.05, 3.63) is 60.2 Å². The molecule has 0 unspecified atom stereocenters. The summed E-state index contributed by atoms with van der Waals surface area (Å²) >= 11 is 0. The molecule has 29 heavy (non-hydrogen) atoms. The van der Waals surface area contributed by atoms with Crippen molar-refractivity contribution in [1.29, 1.82) is 0 Å². The molecule has 0 aromatic heterocycles. The second kappa shape index (κ2) is 10.1. The predicted octanol–water partition coefficient (Wildman–Crippen LogP) is 5.33. The molecule has 3 aromatic rings. The first-order chi connectivity index (χ1) is 14.1. The maximum absolute atomic E-state index is 13.2. The van der Waals surface area contributed by atoms with Gasteiger partial charge in [0.05, 0.1) is 5.56 Å². The molecule has 3 rings (SSSR count). The van der Waals surface area contributed by atoms with Crippen LogP contribution in [0.1, 0.15) is 62.2 Å². The molecule has 0 saturated carbocycles. The first-order valence-electron chi connectivity index (χ1n) is 10.6. The largest absolute Gasteiger partial charge is 0.368 e. The van der Waals surface area contributed by atoms with Crippen molar-refractivity contribution in [2.45, 2.75) is 57.9 Å². The van der Waals surface area contributed by atoms with Gasteiger partial charge in [0.2, 0.25) is 5.91 Å². The monoisotopic (exact) mass is 390 g/mol. The van der Waals surface area contributed by atoms with Gasteiger partial charge < -0.3 is 11.1 Å². The quantitative estimate of drug-likeness (QED) is 0.363. The average molecular weight is 391 g/mol. The molecule has 3 aromatic carbocycles. The van der Waals surface area contributed by atoms with Crippen molar-refractivity contribution in [3.63, 3.8) is 0 Å². The second-order valence-corrected chi connectivity index (χ2v) is 7.68. The van der Waals surface area contributed by atoms with Crippen LogP contribution in [-0.2, 0) is 4.79 Å². The Labute approximate surface area is 172 Å². The lowest BCUT2D eigenvalue weighted by atomic mass is 9.96. The van der Waals surface area contributed by atoms with Gasteiger partial charge in [-0.3, -0.25) is 9.59 Å². The van der Waals surface area contributed by atoms with Gasteiger partial charge in [0, 0.05) is 0 Å². The number of benzene rings is 3. The molecule has 4 nitrogen and oxygen atoms in total. The molecule has 0 radical (unpaired) electrons. The van der Waals surface area contributed by atoms with Crippen LogP contribution in [0.2, 0.25) is 0 Å². The minimum atomic E-state index is -0.647. The van der Waals surface area contributed by atoms with E-state index in [1.165, 1.54) is 19.3 Å². The van der Waals surface area contributed by atoms with Crippen molar-refractivity contribution in [1.82, 2.24) is 5.32 Å². The molecular weight excluding hydrogens is 360 g/mol. The number of carbonyl (C=O) groups is 2. The fourth-order valence-electron chi connectivity index (χ4n) is 3.90. The number of hydrogen-bond acceptors (Lipinski definition) is 2. The molecule has 0 bridgehead atoms. The minimum absolute atomic E-state index is 0.243. The summed E-state index contributed by atoms with van der Waals surface area (Å²) in [5.41, 5.74) is 6.20. The molecule has 0 heterocycles. The maximum atomic E-state index is 13.2. The molecule has 0 fully saturated rings. The number of primary amides is 1. The first kappa shape index (κ1) is 20.8. The highest BCUT2D eigenvalue weighted by Crippen LogP contribution is 2.28. The van der Waals surface area contributed by atoms with Crippen molar-refractivity contribution in [2.75, 3.05) is 0 Å². The maximum Gasteiger partial charge on any atom is 0.253 e. The Morgan fingerprint density at radius 1 is 0.862 bits per heavy atom. The first-order valence-corrected chi connectivity index (χ1v) is 10.6. The summed E-state index contributed by atoms with van der Waals surface area (Å²) in [6.45, 7) is 2.19. The van der Waals surface area contributed by atoms with Gasteiger partial charge in [-0.1, -0.05) is 94.0 Å². The molecule has 0 aliphatic carbocycles. The Bertz CT molecular complexity index is 942. The number of fused-ring (bicyclic) bond motifs is 2. The van der Waals surface area contributed by atoms with E-state index in [1.807, 2.05) is 48.5 Å². The van der Waals surface area contributed by atoms with Crippen molar-refractivity contribution >= 4 is 33.4 Å². The van der Waals surface area contributed by atoms with Gasteiger partial charge in [-0.15, -0.1) is 0 Å². The van der Waals surface area contributed by atoms with Crippen LogP contribution in [0.4, 0.5) is 0 Å². The Balaban J connectivity index is 1.81. The third-order valence-corrected chi connectivity index (χ3v) is 5.49. The molecule has 4 heteroatoms. The van der Waals surface area contributed by atoms with Crippen LogP contribution in [0.25, 0.3) is 21.5 Å². The normalized spacial score (nSPS) is 12.2. The SMILES string of the molecule is CCCCCCCC[C@@H](NC(=O)c1c2ccccc2cc2ccccc12)C(N)=O. The van der Waals surface area contributed by atoms with Crippen molar-refractivity contribution < 1.29 is 9.59 Å². The van der Waals surface area contributed by atoms with Gasteiger partial charge in [-0.05, 0) is 34.0 Å². The number of unbranched alkanes of at least 4 members (excludes halogenated alkanes) is 5. The van der Waals surface area contributed by atoms with Crippen molar-refractivity contribution in [3.8, 4) is 0 Å². The van der Waals surface area contributed by atoms with E-state index >= 15 is 0 Å². The number of carbonyl (C=O) groups excluding carboxylic acids is 2. The van der Waals surface area contributed by atoms with Gasteiger partial charge in [0.15, 0.2) is 0 Å². The zero-order valence-electron chi connectivity index (χ0n) is 17.1. The summed E-state index contributed by atoms with van der Waals surface area (Å²) in [6.07, 6.45) is 7.33. The number of nitrogens with one attached hydrogen (secondary N) is 1. The molecule has 152 valence electrons. The zero-order chi connectivity index (χ0) is 20.6. The Hall–Kier alpha value is -2.88. The lowest BCUT2D eigenvalue weighted by Crippen LogP contribution is -2.44. The molecule has 0 aliphatic heterocycles. The lowest BCUT2D eigenvalue weighted by Gasteiger charge is -2.17. The van der Waals surface area contributed by atoms with E-state index in [4.69, 9.17) is 5.73 Å². The molecule has 1 atom stereocenters. The fraction of sp³-hybridized carbons (Fsp3) is 0.360. The summed E-state index contributed by atoms with van der Waals surface area (Å²) < 4.78 is 0. The van der Waals surface area contributed by atoms with Gasteiger partial charge in [-0.25, -0.2) is 0 Å². The van der Waals surface area contributed by atoms with Gasteiger partial charge in [-0.2, -0.15) is 0 Å². The molecule has 0 saturated heterocycles. The summed E-state index contributed by atoms with van der Waals surface area (Å²) in [4.78, 5) is 25.2. The van der Waals surface area contributed by atoms with E-state index in [0.29, 0.717) is 12.0 Å². The number of amides is 2. The average Bonchev–Trinajstić information content (AvgIpc) is 2.73. The highest BCUT2D eigenvalue weighted by atomic mass is 16.2. The highest BCUT2D eigenvalue weighted by molar-refractivity contribution is 6.18. The third kappa shape index (κ3) is 5.14. The molecule has 0 spiro atoms. The third-order valence-electron chi connectivity index (χ3n) is 5.49. The minimum Gasteiger partial charge on any atom is -0.368 e. The van der Waals surface area contributed by atoms with Crippen LogP contribution in [0, 0.1) is 0 Å². The summed E-state index contributed by atoms with van der Waals surface area (Å²) in [5.74, 6) is -0.718. The van der Waals surface area contributed by atoms with E-state index in [0.717, 1.165) is 40.8 Å². The van der Waals surface area contributed by atoms with Gasteiger partial charge >= 0.3 is 0 Å². The predicted molar refractivity (Wildman–Crippen MR) is 120 cm³/mol. The molecular formula is C25H30N2O2.